The molecule has 0 aromatic carbocycles. The molecule has 0 aliphatic rings. The van der Waals surface area contributed by atoms with Gasteiger partial charge >= 0.3 is 5.97 Å². The molecule has 0 fully saturated rings. The number of hydrogen-bond acceptors (Lipinski definition) is 3. The van der Waals surface area contributed by atoms with Gasteiger partial charge in [-0.3, -0.25) is 4.79 Å². The van der Waals surface area contributed by atoms with Crippen LogP contribution < -0.4 is 10.6 Å². The van der Waals surface area contributed by atoms with E-state index in [2.05, 4.69) is 17.6 Å². The summed E-state index contributed by atoms with van der Waals surface area (Å²) in [6.07, 6.45) is 15.1. The van der Waals surface area contributed by atoms with E-state index >= 15 is 0 Å². The molecular formula is C19H40N2O2. The van der Waals surface area contributed by atoms with Crippen LogP contribution in [0.3, 0.4) is 0 Å². The van der Waals surface area contributed by atoms with Crippen LogP contribution in [0.2, 0.25) is 0 Å². The molecule has 0 saturated carbocycles. The lowest BCUT2D eigenvalue weighted by Crippen LogP contribution is -2.31. The van der Waals surface area contributed by atoms with E-state index in [1.54, 1.807) is 0 Å². The molecule has 0 heterocycles. The number of carboxylic acids is 1. The molecule has 23 heavy (non-hydrogen) atoms. The molecule has 4 heteroatoms. The van der Waals surface area contributed by atoms with Gasteiger partial charge in [0.1, 0.15) is 0 Å². The van der Waals surface area contributed by atoms with E-state index in [9.17, 15) is 4.79 Å². The molecule has 4 nitrogen and oxygen atoms in total. The minimum Gasteiger partial charge on any atom is -0.481 e. The molecule has 1 atom stereocenters. The summed E-state index contributed by atoms with van der Waals surface area (Å²) < 4.78 is 0. The Hall–Kier alpha value is -0.610. The summed E-state index contributed by atoms with van der Waals surface area (Å²) in [6.45, 7) is 7.21. The minimum absolute atomic E-state index is 0.0643. The van der Waals surface area contributed by atoms with Crippen LogP contribution >= 0.6 is 0 Å². The Bertz CT molecular complexity index is 260. The fraction of sp³-hybridized carbons (Fsp3) is 0.947. The number of carbonyl (C=O) groups is 1. The number of nitrogens with one attached hydrogen (secondary N) is 2. The summed E-state index contributed by atoms with van der Waals surface area (Å²) in [5.74, 6) is -0.732. The van der Waals surface area contributed by atoms with Crippen molar-refractivity contribution in [2.24, 2.45) is 0 Å². The number of aliphatic carboxylic acids is 1. The average Bonchev–Trinajstić information content (AvgIpc) is 2.50. The van der Waals surface area contributed by atoms with Crippen molar-refractivity contribution in [1.82, 2.24) is 10.6 Å². The second kappa shape index (κ2) is 17.7. The molecule has 0 aliphatic heterocycles. The SMILES string of the molecule is CCCCCCCCCCCCNCCCN[C@H](C)CC(=O)O. The van der Waals surface area contributed by atoms with Crippen LogP contribution in [0.25, 0.3) is 0 Å². The third-order valence-electron chi connectivity index (χ3n) is 4.21. The molecule has 0 amide bonds. The second-order valence-electron chi connectivity index (χ2n) is 6.74. The van der Waals surface area contributed by atoms with Gasteiger partial charge in [-0.15, -0.1) is 0 Å². The highest BCUT2D eigenvalue weighted by molar-refractivity contribution is 5.67. The van der Waals surface area contributed by atoms with E-state index in [1.165, 1.54) is 64.2 Å². The normalized spacial score (nSPS) is 12.4. The first kappa shape index (κ1) is 22.4. The van der Waals surface area contributed by atoms with E-state index in [0.29, 0.717) is 0 Å². The van der Waals surface area contributed by atoms with E-state index in [4.69, 9.17) is 5.11 Å². The van der Waals surface area contributed by atoms with Crippen molar-refractivity contribution in [2.45, 2.75) is 96.9 Å². The fourth-order valence-electron chi connectivity index (χ4n) is 2.76. The summed E-state index contributed by atoms with van der Waals surface area (Å²) in [5.41, 5.74) is 0. The summed E-state index contributed by atoms with van der Waals surface area (Å²) in [5, 5.41) is 15.4. The average molecular weight is 329 g/mol. The lowest BCUT2D eigenvalue weighted by molar-refractivity contribution is -0.137. The zero-order chi connectivity index (χ0) is 17.2. The molecule has 0 bridgehead atoms. The van der Waals surface area contributed by atoms with Gasteiger partial charge in [0, 0.05) is 6.04 Å². The number of hydrogen-bond donors (Lipinski definition) is 3. The highest BCUT2D eigenvalue weighted by Gasteiger charge is 2.05. The van der Waals surface area contributed by atoms with Gasteiger partial charge < -0.3 is 15.7 Å². The quantitative estimate of drug-likeness (QED) is 0.328. The second-order valence-corrected chi connectivity index (χ2v) is 6.74. The molecule has 0 radical (unpaired) electrons. The first-order valence-corrected chi connectivity index (χ1v) is 9.82. The van der Waals surface area contributed by atoms with Crippen LogP contribution in [-0.4, -0.2) is 36.8 Å². The predicted octanol–water partition coefficient (Wildman–Crippen LogP) is 4.34. The molecule has 138 valence electrons. The zero-order valence-electron chi connectivity index (χ0n) is 15.5. The van der Waals surface area contributed by atoms with Crippen LogP contribution in [0, 0.1) is 0 Å². The van der Waals surface area contributed by atoms with Gasteiger partial charge in [0.15, 0.2) is 0 Å². The molecular weight excluding hydrogens is 288 g/mol. The largest absolute Gasteiger partial charge is 0.481 e. The van der Waals surface area contributed by atoms with Crippen LogP contribution in [-0.2, 0) is 4.79 Å². The van der Waals surface area contributed by atoms with E-state index in [0.717, 1.165) is 26.1 Å². The van der Waals surface area contributed by atoms with Crippen molar-refractivity contribution in [1.29, 1.82) is 0 Å². The van der Waals surface area contributed by atoms with Gasteiger partial charge in [-0.25, -0.2) is 0 Å². The van der Waals surface area contributed by atoms with Crippen LogP contribution in [0.4, 0.5) is 0 Å². The predicted molar refractivity (Wildman–Crippen MR) is 99.0 cm³/mol. The maximum absolute atomic E-state index is 10.5. The molecule has 0 rings (SSSR count). The smallest absolute Gasteiger partial charge is 0.304 e. The third-order valence-corrected chi connectivity index (χ3v) is 4.21. The van der Waals surface area contributed by atoms with Crippen LogP contribution in [0.1, 0.15) is 90.9 Å². The monoisotopic (exact) mass is 328 g/mol. The van der Waals surface area contributed by atoms with Gasteiger partial charge in [-0.1, -0.05) is 64.7 Å². The summed E-state index contributed by atoms with van der Waals surface area (Å²) in [6, 6.07) is 0.0643. The molecule has 0 saturated heterocycles. The summed E-state index contributed by atoms with van der Waals surface area (Å²) in [7, 11) is 0. The lowest BCUT2D eigenvalue weighted by atomic mass is 10.1. The third kappa shape index (κ3) is 19.3. The van der Waals surface area contributed by atoms with E-state index in [1.807, 2.05) is 6.92 Å². The molecule has 0 unspecified atom stereocenters. The lowest BCUT2D eigenvalue weighted by Gasteiger charge is -2.11. The molecule has 0 aromatic rings. The maximum Gasteiger partial charge on any atom is 0.304 e. The Morgan fingerprint density at radius 3 is 1.91 bits per heavy atom. The fourth-order valence-corrected chi connectivity index (χ4v) is 2.76. The molecule has 0 aromatic heterocycles. The van der Waals surface area contributed by atoms with Crippen molar-refractivity contribution in [3.05, 3.63) is 0 Å². The first-order valence-electron chi connectivity index (χ1n) is 9.82. The minimum atomic E-state index is -0.732. The van der Waals surface area contributed by atoms with Crippen molar-refractivity contribution >= 4 is 5.97 Å². The molecule has 0 spiro atoms. The number of rotatable bonds is 18. The Morgan fingerprint density at radius 2 is 1.35 bits per heavy atom. The molecule has 0 aliphatic carbocycles. The Labute approximate surface area is 143 Å². The first-order chi connectivity index (χ1) is 11.2. The van der Waals surface area contributed by atoms with Crippen molar-refractivity contribution in [2.75, 3.05) is 19.6 Å². The Balaban J connectivity index is 3.06. The van der Waals surface area contributed by atoms with Gasteiger partial charge in [0.25, 0.3) is 0 Å². The Morgan fingerprint density at radius 1 is 0.826 bits per heavy atom. The van der Waals surface area contributed by atoms with Crippen molar-refractivity contribution < 1.29 is 9.90 Å². The van der Waals surface area contributed by atoms with Crippen molar-refractivity contribution in [3.63, 3.8) is 0 Å². The van der Waals surface area contributed by atoms with Crippen LogP contribution in [0.5, 0.6) is 0 Å². The maximum atomic E-state index is 10.5. The summed E-state index contributed by atoms with van der Waals surface area (Å²) in [4.78, 5) is 10.5. The zero-order valence-corrected chi connectivity index (χ0v) is 15.5. The van der Waals surface area contributed by atoms with Crippen LogP contribution in [0.15, 0.2) is 0 Å². The molecule has 3 N–H and O–H groups in total. The number of carboxylic acid groups (broad SMARTS) is 1. The number of unbranched alkanes of at least 4 members (excludes halogenated alkanes) is 9. The van der Waals surface area contributed by atoms with Gasteiger partial charge in [0.05, 0.1) is 6.42 Å². The highest BCUT2D eigenvalue weighted by atomic mass is 16.4. The van der Waals surface area contributed by atoms with E-state index < -0.39 is 5.97 Å². The van der Waals surface area contributed by atoms with E-state index in [-0.39, 0.29) is 12.5 Å². The van der Waals surface area contributed by atoms with Gasteiger partial charge in [-0.2, -0.15) is 0 Å². The summed E-state index contributed by atoms with van der Waals surface area (Å²) >= 11 is 0. The standard InChI is InChI=1S/C19H40N2O2/c1-3-4-5-6-7-8-9-10-11-12-14-20-15-13-16-21-18(2)17-19(22)23/h18,20-21H,3-17H2,1-2H3,(H,22,23)/t18-/m1/s1. The van der Waals surface area contributed by atoms with Gasteiger partial charge in [0.2, 0.25) is 0 Å². The highest BCUT2D eigenvalue weighted by Crippen LogP contribution is 2.10. The van der Waals surface area contributed by atoms with Crippen molar-refractivity contribution in [3.8, 4) is 0 Å². The Kier molecular flexibility index (Phi) is 17.3. The topological polar surface area (TPSA) is 61.4 Å². The van der Waals surface area contributed by atoms with Gasteiger partial charge in [-0.05, 0) is 39.4 Å².